The fourth-order valence-corrected chi connectivity index (χ4v) is 3.14. The zero-order valence-electron chi connectivity index (χ0n) is 17.5. The van der Waals surface area contributed by atoms with E-state index in [0.717, 1.165) is 5.69 Å². The lowest BCUT2D eigenvalue weighted by molar-refractivity contribution is -0.117. The monoisotopic (exact) mass is 413 g/mol. The van der Waals surface area contributed by atoms with E-state index in [0.29, 0.717) is 36.6 Å². The van der Waals surface area contributed by atoms with Crippen LogP contribution in [0.25, 0.3) is 0 Å². The van der Waals surface area contributed by atoms with Crippen LogP contribution in [0.15, 0.2) is 48.5 Å². The summed E-state index contributed by atoms with van der Waals surface area (Å²) in [7, 11) is 1.34. The molecule has 1 heterocycles. The highest BCUT2D eigenvalue weighted by Crippen LogP contribution is 2.27. The Hall–Kier alpha value is -3.06. The molecule has 0 aliphatic carbocycles. The summed E-state index contributed by atoms with van der Waals surface area (Å²) in [5.74, 6) is 1.01. The molecule has 7 nitrogen and oxygen atoms in total. The Morgan fingerprint density at radius 2 is 1.67 bits per heavy atom. The molecule has 1 fully saturated rings. The molecule has 0 spiro atoms. The number of aliphatic hydroxyl groups is 1. The Morgan fingerprint density at radius 1 is 1.07 bits per heavy atom. The van der Waals surface area contributed by atoms with E-state index in [1.165, 1.54) is 7.11 Å². The Morgan fingerprint density at radius 3 is 2.27 bits per heavy atom. The molecule has 1 aliphatic rings. The molecule has 0 bridgehead atoms. The summed E-state index contributed by atoms with van der Waals surface area (Å²) >= 11 is 0. The molecule has 30 heavy (non-hydrogen) atoms. The van der Waals surface area contributed by atoms with E-state index in [9.17, 15) is 14.7 Å². The quantitative estimate of drug-likeness (QED) is 0.670. The minimum atomic E-state index is -0.906. The van der Waals surface area contributed by atoms with Crippen LogP contribution in [0.3, 0.4) is 0 Å². The van der Waals surface area contributed by atoms with Gasteiger partial charge in [0.2, 0.25) is 5.91 Å². The third kappa shape index (κ3) is 5.73. The maximum atomic E-state index is 12.4. The van der Waals surface area contributed by atoms with Crippen LogP contribution in [0, 0.1) is 5.92 Å². The number of anilines is 1. The van der Waals surface area contributed by atoms with Crippen LogP contribution >= 0.6 is 0 Å². The SMILES string of the molecule is COC(=O)c1ccc(OCC2CC(=O)N(c3ccc(OCC(C)(C)O)cc3)C2)cc1. The first kappa shape index (κ1) is 21.6. The predicted octanol–water partition coefficient (Wildman–Crippen LogP) is 3.05. The maximum Gasteiger partial charge on any atom is 0.337 e. The van der Waals surface area contributed by atoms with Gasteiger partial charge in [-0.1, -0.05) is 0 Å². The molecule has 1 saturated heterocycles. The van der Waals surface area contributed by atoms with Gasteiger partial charge in [0.15, 0.2) is 0 Å². The molecule has 1 atom stereocenters. The number of ether oxygens (including phenoxy) is 3. The van der Waals surface area contributed by atoms with Crippen molar-refractivity contribution in [3.63, 3.8) is 0 Å². The minimum absolute atomic E-state index is 0.0507. The van der Waals surface area contributed by atoms with Crippen molar-refractivity contribution in [3.8, 4) is 11.5 Å². The van der Waals surface area contributed by atoms with Gasteiger partial charge in [0.25, 0.3) is 0 Å². The van der Waals surface area contributed by atoms with Crippen LogP contribution in [-0.4, -0.2) is 49.5 Å². The predicted molar refractivity (Wildman–Crippen MR) is 112 cm³/mol. The van der Waals surface area contributed by atoms with Gasteiger partial charge in [-0.25, -0.2) is 4.79 Å². The third-order valence-corrected chi connectivity index (χ3v) is 4.71. The number of esters is 1. The third-order valence-electron chi connectivity index (χ3n) is 4.71. The number of amides is 1. The Balaban J connectivity index is 1.53. The zero-order valence-corrected chi connectivity index (χ0v) is 17.5. The molecule has 7 heteroatoms. The number of rotatable bonds is 8. The molecule has 1 unspecified atom stereocenters. The second-order valence-corrected chi connectivity index (χ2v) is 8.00. The van der Waals surface area contributed by atoms with Gasteiger partial charge in [-0.05, 0) is 62.4 Å². The number of hydrogen-bond donors (Lipinski definition) is 1. The van der Waals surface area contributed by atoms with Crippen molar-refractivity contribution in [2.75, 3.05) is 31.8 Å². The molecule has 3 rings (SSSR count). The molecule has 2 aromatic rings. The van der Waals surface area contributed by atoms with E-state index in [4.69, 9.17) is 9.47 Å². The van der Waals surface area contributed by atoms with Crippen LogP contribution < -0.4 is 14.4 Å². The van der Waals surface area contributed by atoms with Crippen LogP contribution in [0.2, 0.25) is 0 Å². The van der Waals surface area contributed by atoms with Crippen molar-refractivity contribution in [1.29, 1.82) is 0 Å². The number of nitrogens with zero attached hydrogens (tertiary/aromatic N) is 1. The normalized spacial score (nSPS) is 16.5. The number of methoxy groups -OCH3 is 1. The average molecular weight is 413 g/mol. The van der Waals surface area contributed by atoms with Gasteiger partial charge >= 0.3 is 5.97 Å². The van der Waals surface area contributed by atoms with E-state index in [1.54, 1.807) is 55.1 Å². The molecule has 0 radical (unpaired) electrons. The summed E-state index contributed by atoms with van der Waals surface area (Å²) in [5.41, 5.74) is 0.360. The lowest BCUT2D eigenvalue weighted by Gasteiger charge is -2.19. The molecule has 160 valence electrons. The standard InChI is InChI=1S/C23H27NO6/c1-23(2,27)15-30-20-10-6-18(7-11-20)24-13-16(12-21(24)25)14-29-19-8-4-17(5-9-19)22(26)28-3/h4-11,16,27H,12-15H2,1-3H3. The first-order valence-electron chi connectivity index (χ1n) is 9.82. The largest absolute Gasteiger partial charge is 0.493 e. The van der Waals surface area contributed by atoms with Gasteiger partial charge in [-0.15, -0.1) is 0 Å². The fourth-order valence-electron chi connectivity index (χ4n) is 3.14. The van der Waals surface area contributed by atoms with Gasteiger partial charge < -0.3 is 24.2 Å². The van der Waals surface area contributed by atoms with Crippen LogP contribution in [0.5, 0.6) is 11.5 Å². The van der Waals surface area contributed by atoms with Gasteiger partial charge in [0.05, 0.1) is 24.9 Å². The van der Waals surface area contributed by atoms with E-state index < -0.39 is 11.6 Å². The molecule has 1 N–H and O–H groups in total. The summed E-state index contributed by atoms with van der Waals surface area (Å²) in [6.45, 7) is 4.53. The smallest absolute Gasteiger partial charge is 0.337 e. The van der Waals surface area contributed by atoms with Gasteiger partial charge in [0.1, 0.15) is 18.1 Å². The Kier molecular flexibility index (Phi) is 6.62. The molecule has 2 aromatic carbocycles. The first-order chi connectivity index (χ1) is 14.2. The van der Waals surface area contributed by atoms with E-state index >= 15 is 0 Å². The maximum absolute atomic E-state index is 12.4. The second kappa shape index (κ2) is 9.17. The number of carbonyl (C=O) groups excluding carboxylic acids is 2. The number of hydrogen-bond acceptors (Lipinski definition) is 6. The topological polar surface area (TPSA) is 85.3 Å². The van der Waals surface area contributed by atoms with E-state index in [2.05, 4.69) is 4.74 Å². The highest BCUT2D eigenvalue weighted by atomic mass is 16.5. The van der Waals surface area contributed by atoms with Gasteiger partial charge in [-0.2, -0.15) is 0 Å². The molecule has 1 amide bonds. The molecule has 0 saturated carbocycles. The molecule has 0 aromatic heterocycles. The van der Waals surface area contributed by atoms with Gasteiger partial charge in [-0.3, -0.25) is 4.79 Å². The fraction of sp³-hybridized carbons (Fsp3) is 0.391. The number of carbonyl (C=O) groups is 2. The highest BCUT2D eigenvalue weighted by molar-refractivity contribution is 5.95. The second-order valence-electron chi connectivity index (χ2n) is 8.00. The first-order valence-corrected chi connectivity index (χ1v) is 9.82. The van der Waals surface area contributed by atoms with Crippen molar-refractivity contribution in [2.45, 2.75) is 25.9 Å². The summed E-state index contributed by atoms with van der Waals surface area (Å²) in [4.78, 5) is 25.7. The highest BCUT2D eigenvalue weighted by Gasteiger charge is 2.31. The van der Waals surface area contributed by atoms with Crippen LogP contribution in [-0.2, 0) is 9.53 Å². The van der Waals surface area contributed by atoms with Crippen molar-refractivity contribution in [2.24, 2.45) is 5.92 Å². The average Bonchev–Trinajstić information content (AvgIpc) is 3.11. The van der Waals surface area contributed by atoms with Crippen molar-refractivity contribution < 1.29 is 28.9 Å². The summed E-state index contributed by atoms with van der Waals surface area (Å²) in [6.07, 6.45) is 0.414. The van der Waals surface area contributed by atoms with E-state index in [1.807, 2.05) is 12.1 Å². The molecular weight excluding hydrogens is 386 g/mol. The van der Waals surface area contributed by atoms with Crippen molar-refractivity contribution in [3.05, 3.63) is 54.1 Å². The van der Waals surface area contributed by atoms with Crippen molar-refractivity contribution >= 4 is 17.6 Å². The molecule has 1 aliphatic heterocycles. The minimum Gasteiger partial charge on any atom is -0.493 e. The van der Waals surface area contributed by atoms with Crippen LogP contribution in [0.4, 0.5) is 5.69 Å². The Labute approximate surface area is 176 Å². The Bertz CT molecular complexity index is 870. The summed E-state index contributed by atoms with van der Waals surface area (Å²) in [5, 5.41) is 9.74. The lowest BCUT2D eigenvalue weighted by atomic mass is 10.1. The summed E-state index contributed by atoms with van der Waals surface area (Å²) < 4.78 is 16.0. The summed E-state index contributed by atoms with van der Waals surface area (Å²) in [6, 6.07) is 14.0. The van der Waals surface area contributed by atoms with E-state index in [-0.39, 0.29) is 18.4 Å². The molecular formula is C23H27NO6. The van der Waals surface area contributed by atoms with Crippen LogP contribution in [0.1, 0.15) is 30.6 Å². The van der Waals surface area contributed by atoms with Crippen molar-refractivity contribution in [1.82, 2.24) is 0 Å². The number of benzene rings is 2. The zero-order chi connectivity index (χ0) is 21.7. The van der Waals surface area contributed by atoms with Gasteiger partial charge in [0, 0.05) is 24.6 Å². The lowest BCUT2D eigenvalue weighted by Crippen LogP contribution is -2.28.